The van der Waals surface area contributed by atoms with Crippen molar-refractivity contribution in [2.24, 2.45) is 5.41 Å². The van der Waals surface area contributed by atoms with Crippen molar-refractivity contribution < 1.29 is 14.7 Å². The number of rotatable bonds is 7. The second-order valence-corrected chi connectivity index (χ2v) is 6.50. The van der Waals surface area contributed by atoms with Crippen molar-refractivity contribution in [2.45, 2.75) is 44.9 Å². The molecule has 5 heteroatoms. The maximum Gasteiger partial charge on any atom is 0.311 e. The third-order valence-corrected chi connectivity index (χ3v) is 5.19. The van der Waals surface area contributed by atoms with Crippen molar-refractivity contribution in [1.29, 1.82) is 0 Å². The van der Waals surface area contributed by atoms with E-state index in [2.05, 4.69) is 5.32 Å². The summed E-state index contributed by atoms with van der Waals surface area (Å²) >= 11 is 5.93. The Labute approximate surface area is 135 Å². The minimum absolute atomic E-state index is 0.104. The van der Waals surface area contributed by atoms with Gasteiger partial charge in [-0.05, 0) is 43.4 Å². The first-order chi connectivity index (χ1) is 10.4. The van der Waals surface area contributed by atoms with E-state index in [9.17, 15) is 14.7 Å². The van der Waals surface area contributed by atoms with Gasteiger partial charge in [-0.3, -0.25) is 9.59 Å². The Bertz CT molecular complexity index is 560. The predicted octanol–water partition coefficient (Wildman–Crippen LogP) is 3.38. The van der Waals surface area contributed by atoms with Gasteiger partial charge in [-0.25, -0.2) is 0 Å². The molecule has 1 aliphatic carbocycles. The minimum atomic E-state index is -0.821. The summed E-state index contributed by atoms with van der Waals surface area (Å²) in [5.41, 5.74) is -0.471. The molecule has 1 amide bonds. The topological polar surface area (TPSA) is 66.4 Å². The number of hydrogen-bond donors (Lipinski definition) is 2. The molecule has 120 valence electrons. The molecule has 1 fully saturated rings. The van der Waals surface area contributed by atoms with Gasteiger partial charge in [0.25, 0.3) is 0 Å². The number of aliphatic carboxylic acids is 1. The Morgan fingerprint density at radius 3 is 2.18 bits per heavy atom. The zero-order valence-corrected chi connectivity index (χ0v) is 13.7. The lowest BCUT2D eigenvalue weighted by atomic mass is 9.75. The van der Waals surface area contributed by atoms with Gasteiger partial charge in [0.2, 0.25) is 5.91 Å². The molecule has 0 aliphatic heterocycles. The van der Waals surface area contributed by atoms with Crippen LogP contribution in [0.1, 0.15) is 45.1 Å². The van der Waals surface area contributed by atoms with Gasteiger partial charge in [-0.1, -0.05) is 37.6 Å². The first kappa shape index (κ1) is 16.8. The molecule has 1 aromatic rings. The van der Waals surface area contributed by atoms with Crippen LogP contribution in [0.3, 0.4) is 0 Å². The molecular formula is C17H22ClNO3. The smallest absolute Gasteiger partial charge is 0.311 e. The predicted molar refractivity (Wildman–Crippen MR) is 86.0 cm³/mol. The molecule has 2 N–H and O–H groups in total. The molecule has 0 unspecified atom stereocenters. The van der Waals surface area contributed by atoms with Crippen molar-refractivity contribution in [3.63, 3.8) is 0 Å². The van der Waals surface area contributed by atoms with Gasteiger partial charge in [0.1, 0.15) is 0 Å². The van der Waals surface area contributed by atoms with Crippen LogP contribution in [-0.4, -0.2) is 23.5 Å². The lowest BCUT2D eigenvalue weighted by Crippen LogP contribution is -2.46. The van der Waals surface area contributed by atoms with Crippen molar-refractivity contribution in [3.8, 4) is 0 Å². The van der Waals surface area contributed by atoms with Crippen LogP contribution in [0.2, 0.25) is 5.02 Å². The minimum Gasteiger partial charge on any atom is -0.481 e. The van der Waals surface area contributed by atoms with Crippen LogP contribution >= 0.6 is 11.6 Å². The number of carboxylic acid groups (broad SMARTS) is 1. The Morgan fingerprint density at radius 2 is 1.77 bits per heavy atom. The number of carboxylic acids is 1. The maximum atomic E-state index is 12.8. The van der Waals surface area contributed by atoms with Gasteiger partial charge in [0.15, 0.2) is 0 Å². The van der Waals surface area contributed by atoms with Crippen molar-refractivity contribution in [3.05, 3.63) is 34.9 Å². The summed E-state index contributed by atoms with van der Waals surface area (Å²) in [5.74, 6) is -0.926. The van der Waals surface area contributed by atoms with E-state index in [0.29, 0.717) is 30.7 Å². The van der Waals surface area contributed by atoms with Gasteiger partial charge in [0.05, 0.1) is 10.8 Å². The van der Waals surface area contributed by atoms with E-state index in [1.807, 2.05) is 26.0 Å². The number of benzene rings is 1. The van der Waals surface area contributed by atoms with E-state index < -0.39 is 16.8 Å². The molecular weight excluding hydrogens is 302 g/mol. The highest BCUT2D eigenvalue weighted by atomic mass is 35.5. The Hall–Kier alpha value is -1.55. The average molecular weight is 324 g/mol. The molecule has 22 heavy (non-hydrogen) atoms. The number of carbonyl (C=O) groups excluding carboxylic acids is 1. The molecule has 2 rings (SSSR count). The van der Waals surface area contributed by atoms with Crippen LogP contribution in [0, 0.1) is 5.41 Å². The second-order valence-electron chi connectivity index (χ2n) is 6.06. The third-order valence-electron chi connectivity index (χ3n) is 4.93. The molecule has 0 saturated heterocycles. The van der Waals surface area contributed by atoms with Crippen molar-refractivity contribution >= 4 is 23.5 Å². The first-order valence-electron chi connectivity index (χ1n) is 7.68. The summed E-state index contributed by atoms with van der Waals surface area (Å²) in [7, 11) is 0. The highest BCUT2D eigenvalue weighted by Crippen LogP contribution is 2.45. The van der Waals surface area contributed by atoms with Crippen LogP contribution in [-0.2, 0) is 15.0 Å². The summed E-state index contributed by atoms with van der Waals surface area (Å²) in [5, 5.41) is 12.7. The summed E-state index contributed by atoms with van der Waals surface area (Å²) in [6.07, 6.45) is 2.57. The van der Waals surface area contributed by atoms with E-state index in [0.717, 1.165) is 5.56 Å². The van der Waals surface area contributed by atoms with E-state index in [-0.39, 0.29) is 12.5 Å². The molecule has 0 radical (unpaired) electrons. The van der Waals surface area contributed by atoms with Crippen molar-refractivity contribution in [2.75, 3.05) is 6.54 Å². The van der Waals surface area contributed by atoms with Crippen LogP contribution < -0.4 is 5.32 Å². The quantitative estimate of drug-likeness (QED) is 0.808. The highest BCUT2D eigenvalue weighted by Gasteiger charge is 2.51. The van der Waals surface area contributed by atoms with Crippen LogP contribution in [0.25, 0.3) is 0 Å². The number of halogens is 1. The van der Waals surface area contributed by atoms with E-state index >= 15 is 0 Å². The van der Waals surface area contributed by atoms with Gasteiger partial charge in [-0.15, -0.1) is 0 Å². The molecule has 0 atom stereocenters. The zero-order chi connectivity index (χ0) is 16.4. The maximum absolute atomic E-state index is 12.8. The number of hydrogen-bond acceptors (Lipinski definition) is 2. The SMILES string of the molecule is CCC(CC)(C(=O)NCC1(C(=O)O)CC1)c1ccc(Cl)cc1. The van der Waals surface area contributed by atoms with Gasteiger partial charge in [0, 0.05) is 11.6 Å². The van der Waals surface area contributed by atoms with Gasteiger partial charge in [-0.2, -0.15) is 0 Å². The second kappa shape index (κ2) is 6.29. The van der Waals surface area contributed by atoms with Crippen LogP contribution in [0.15, 0.2) is 24.3 Å². The fourth-order valence-corrected chi connectivity index (χ4v) is 3.04. The molecule has 0 heterocycles. The van der Waals surface area contributed by atoms with Crippen molar-refractivity contribution in [1.82, 2.24) is 5.32 Å². The van der Waals surface area contributed by atoms with E-state index in [4.69, 9.17) is 11.6 Å². The number of amides is 1. The fourth-order valence-electron chi connectivity index (χ4n) is 2.92. The highest BCUT2D eigenvalue weighted by molar-refractivity contribution is 6.30. The van der Waals surface area contributed by atoms with Gasteiger partial charge >= 0.3 is 5.97 Å². The summed E-state index contributed by atoms with van der Waals surface area (Å²) < 4.78 is 0. The molecule has 4 nitrogen and oxygen atoms in total. The number of nitrogens with one attached hydrogen (secondary N) is 1. The van der Waals surface area contributed by atoms with Crippen LogP contribution in [0.5, 0.6) is 0 Å². The first-order valence-corrected chi connectivity index (χ1v) is 8.06. The Kier molecular flexibility index (Phi) is 4.81. The lowest BCUT2D eigenvalue weighted by Gasteiger charge is -2.31. The lowest BCUT2D eigenvalue weighted by molar-refractivity contribution is -0.143. The summed E-state index contributed by atoms with van der Waals surface area (Å²) in [6.45, 7) is 4.15. The number of carbonyl (C=O) groups is 2. The summed E-state index contributed by atoms with van der Waals surface area (Å²) in [4.78, 5) is 24.0. The fraction of sp³-hybridized carbons (Fsp3) is 0.529. The zero-order valence-electron chi connectivity index (χ0n) is 13.0. The summed E-state index contributed by atoms with van der Waals surface area (Å²) in [6, 6.07) is 7.31. The van der Waals surface area contributed by atoms with Gasteiger partial charge < -0.3 is 10.4 Å². The Balaban J connectivity index is 2.18. The van der Waals surface area contributed by atoms with E-state index in [1.54, 1.807) is 12.1 Å². The largest absolute Gasteiger partial charge is 0.481 e. The molecule has 1 saturated carbocycles. The standard InChI is InChI=1S/C17H22ClNO3/c1-3-17(4-2,12-5-7-13(18)8-6-12)14(20)19-11-16(9-10-16)15(21)22/h5-8H,3-4,9-11H2,1-2H3,(H,19,20)(H,21,22). The molecule has 0 aromatic heterocycles. The third kappa shape index (κ3) is 2.98. The molecule has 0 spiro atoms. The average Bonchev–Trinajstić information content (AvgIpc) is 3.30. The monoisotopic (exact) mass is 323 g/mol. The van der Waals surface area contributed by atoms with Crippen LogP contribution in [0.4, 0.5) is 0 Å². The Morgan fingerprint density at radius 1 is 1.23 bits per heavy atom. The van der Waals surface area contributed by atoms with E-state index in [1.165, 1.54) is 0 Å². The normalized spacial score (nSPS) is 16.1. The molecule has 1 aliphatic rings. The molecule has 0 bridgehead atoms. The molecule has 1 aromatic carbocycles.